The number of pyridine rings is 1. The lowest BCUT2D eigenvalue weighted by molar-refractivity contribution is 0.328. The number of aromatic nitrogens is 4. The van der Waals surface area contributed by atoms with Crippen LogP contribution in [-0.2, 0) is 17.8 Å². The molecule has 0 unspecified atom stereocenters. The van der Waals surface area contributed by atoms with E-state index in [9.17, 15) is 4.55 Å². The predicted octanol–water partition coefficient (Wildman–Crippen LogP) is 4.29. The largest absolute Gasteiger partial charge is 0.591 e. The summed E-state index contributed by atoms with van der Waals surface area (Å²) in [5.74, 6) is 0.962. The molecule has 0 amide bonds. The summed E-state index contributed by atoms with van der Waals surface area (Å²) in [4.78, 5) is 11.9. The van der Waals surface area contributed by atoms with E-state index in [-0.39, 0.29) is 5.41 Å². The van der Waals surface area contributed by atoms with Gasteiger partial charge in [0.1, 0.15) is 31.9 Å². The zero-order valence-corrected chi connectivity index (χ0v) is 21.2. The molecule has 9 heteroatoms. The number of nitrogens with zero attached hydrogens (tertiary/aromatic N) is 6. The molecule has 1 saturated heterocycles. The van der Waals surface area contributed by atoms with Crippen molar-refractivity contribution < 1.29 is 4.55 Å². The molecule has 2 aliphatic rings. The molecule has 0 radical (unpaired) electrons. The van der Waals surface area contributed by atoms with E-state index in [1.165, 1.54) is 0 Å². The van der Waals surface area contributed by atoms with Crippen LogP contribution in [0.5, 0.6) is 0 Å². The molecule has 5 rings (SSSR count). The molecule has 3 aromatic rings. The summed E-state index contributed by atoms with van der Waals surface area (Å²) in [6.07, 6.45) is 6.34. The number of hydrogen-bond donors (Lipinski definition) is 0. The minimum absolute atomic E-state index is 0.130. The molecule has 0 saturated carbocycles. The van der Waals surface area contributed by atoms with Gasteiger partial charge in [-0.1, -0.05) is 4.40 Å². The monoisotopic (exact) mass is 514 g/mol. The van der Waals surface area contributed by atoms with Crippen LogP contribution >= 0.6 is 15.9 Å². The average molecular weight is 515 g/mol. The van der Waals surface area contributed by atoms with Crippen LogP contribution in [0.2, 0.25) is 0 Å². The summed E-state index contributed by atoms with van der Waals surface area (Å²) in [6.45, 7) is 9.61. The second-order valence-electron chi connectivity index (χ2n) is 9.68. The molecule has 1 atom stereocenters. The van der Waals surface area contributed by atoms with E-state index < -0.39 is 16.1 Å². The van der Waals surface area contributed by atoms with E-state index in [4.69, 9.17) is 9.38 Å². The van der Waals surface area contributed by atoms with E-state index in [0.29, 0.717) is 0 Å². The number of aryl methyl sites for hydroxylation is 1. The Balaban J connectivity index is 1.48. The van der Waals surface area contributed by atoms with Gasteiger partial charge in [-0.2, -0.15) is 5.10 Å². The van der Waals surface area contributed by atoms with Gasteiger partial charge in [0.25, 0.3) is 0 Å². The molecule has 168 valence electrons. The quantitative estimate of drug-likeness (QED) is 0.476. The summed E-state index contributed by atoms with van der Waals surface area (Å²) in [5, 5.41) is 4.44. The number of halogens is 1. The van der Waals surface area contributed by atoms with Crippen molar-refractivity contribution in [3.63, 3.8) is 0 Å². The Labute approximate surface area is 199 Å². The SMILES string of the molecule is Cc1nc(N2CCC3(CC2)Cc2ncccc2/C3=N\[S@+]([O-])C(C)(C)C)c2ccnn2c1Br. The van der Waals surface area contributed by atoms with Gasteiger partial charge in [0, 0.05) is 36.7 Å². The van der Waals surface area contributed by atoms with Crippen LogP contribution in [0.15, 0.2) is 39.6 Å². The van der Waals surface area contributed by atoms with Crippen LogP contribution in [0.1, 0.15) is 50.6 Å². The molecule has 0 N–H and O–H groups in total. The first-order valence-electron chi connectivity index (χ1n) is 10.9. The van der Waals surface area contributed by atoms with Gasteiger partial charge < -0.3 is 9.45 Å². The third-order valence-corrected chi connectivity index (χ3v) is 8.81. The molecule has 1 spiro atoms. The predicted molar refractivity (Wildman–Crippen MR) is 132 cm³/mol. The zero-order chi connectivity index (χ0) is 22.7. The molecular formula is C23H27BrN6OS. The maximum atomic E-state index is 13.0. The van der Waals surface area contributed by atoms with Gasteiger partial charge in [-0.15, -0.1) is 0 Å². The topological polar surface area (TPSA) is 81.7 Å². The van der Waals surface area contributed by atoms with Gasteiger partial charge in [0.05, 0.1) is 17.6 Å². The van der Waals surface area contributed by atoms with Crippen LogP contribution < -0.4 is 4.90 Å². The van der Waals surface area contributed by atoms with Crippen molar-refractivity contribution in [1.29, 1.82) is 0 Å². The van der Waals surface area contributed by atoms with Crippen molar-refractivity contribution in [2.75, 3.05) is 18.0 Å². The lowest BCUT2D eigenvalue weighted by atomic mass is 9.75. The number of fused-ring (bicyclic) bond motifs is 2. The van der Waals surface area contributed by atoms with Crippen LogP contribution in [0, 0.1) is 12.3 Å². The first kappa shape index (κ1) is 21.9. The highest BCUT2D eigenvalue weighted by Crippen LogP contribution is 2.46. The van der Waals surface area contributed by atoms with E-state index >= 15 is 0 Å². The van der Waals surface area contributed by atoms with Crippen molar-refractivity contribution in [2.45, 2.75) is 51.7 Å². The highest BCUT2D eigenvalue weighted by Gasteiger charge is 2.48. The number of rotatable bonds is 2. The molecule has 7 nitrogen and oxygen atoms in total. The van der Waals surface area contributed by atoms with Gasteiger partial charge in [0.2, 0.25) is 0 Å². The average Bonchev–Trinajstić information content (AvgIpc) is 3.35. The van der Waals surface area contributed by atoms with Gasteiger partial charge in [-0.05, 0) is 74.7 Å². The molecule has 32 heavy (non-hydrogen) atoms. The Morgan fingerprint density at radius 3 is 2.66 bits per heavy atom. The second-order valence-corrected chi connectivity index (χ2v) is 12.3. The fraction of sp³-hybridized carbons (Fsp3) is 0.478. The summed E-state index contributed by atoms with van der Waals surface area (Å²) in [5.41, 5.74) is 4.89. The second kappa shape index (κ2) is 7.81. The first-order chi connectivity index (χ1) is 15.2. The van der Waals surface area contributed by atoms with E-state index in [0.717, 1.165) is 71.0 Å². The van der Waals surface area contributed by atoms with Crippen molar-refractivity contribution in [1.82, 2.24) is 19.6 Å². The van der Waals surface area contributed by atoms with Crippen molar-refractivity contribution >= 4 is 44.3 Å². The van der Waals surface area contributed by atoms with Crippen LogP contribution in [0.4, 0.5) is 5.82 Å². The highest BCUT2D eigenvalue weighted by atomic mass is 79.9. The third-order valence-electron chi connectivity index (χ3n) is 6.50. The lowest BCUT2D eigenvalue weighted by Gasteiger charge is -2.40. The molecular weight excluding hydrogens is 488 g/mol. The highest BCUT2D eigenvalue weighted by molar-refractivity contribution is 9.10. The Hall–Kier alpha value is -1.97. The van der Waals surface area contributed by atoms with Crippen LogP contribution in [0.25, 0.3) is 5.52 Å². The lowest BCUT2D eigenvalue weighted by Crippen LogP contribution is -2.44. The van der Waals surface area contributed by atoms with Crippen LogP contribution in [-0.4, -0.2) is 47.7 Å². The van der Waals surface area contributed by atoms with Gasteiger partial charge in [0.15, 0.2) is 5.82 Å². The first-order valence-corrected chi connectivity index (χ1v) is 12.8. The zero-order valence-electron chi connectivity index (χ0n) is 18.8. The van der Waals surface area contributed by atoms with E-state index in [2.05, 4.69) is 37.0 Å². The molecule has 1 fully saturated rings. The Morgan fingerprint density at radius 1 is 1.19 bits per heavy atom. The van der Waals surface area contributed by atoms with Gasteiger partial charge in [-0.3, -0.25) is 4.98 Å². The van der Waals surface area contributed by atoms with Crippen molar-refractivity contribution in [3.8, 4) is 0 Å². The third kappa shape index (κ3) is 3.54. The maximum Gasteiger partial charge on any atom is 0.155 e. The van der Waals surface area contributed by atoms with Crippen molar-refractivity contribution in [3.05, 3.63) is 52.1 Å². The summed E-state index contributed by atoms with van der Waals surface area (Å²) in [7, 11) is 0. The number of piperidine rings is 1. The number of hydrogen-bond acceptors (Lipinski definition) is 6. The molecule has 0 bridgehead atoms. The molecule has 3 aromatic heterocycles. The molecule has 1 aliphatic carbocycles. The maximum absolute atomic E-state index is 13.0. The fourth-order valence-electron chi connectivity index (χ4n) is 4.69. The fourth-order valence-corrected chi connectivity index (χ4v) is 5.79. The summed E-state index contributed by atoms with van der Waals surface area (Å²) < 4.78 is 20.2. The summed E-state index contributed by atoms with van der Waals surface area (Å²) in [6, 6.07) is 6.04. The Morgan fingerprint density at radius 2 is 1.94 bits per heavy atom. The standard InChI is InChI=1S/C23H27BrN6OS/c1-15-20(24)30-18(7-11-26-30)21(27-15)29-12-8-23(9-13-29)14-17-16(6-5-10-25-17)19(23)28-32(31)22(2,3)4/h5-7,10-11H,8-9,12-14H2,1-4H3/b28-19+/t32-/m1/s1. The van der Waals surface area contributed by atoms with Crippen LogP contribution in [0.3, 0.4) is 0 Å². The minimum Gasteiger partial charge on any atom is -0.591 e. The van der Waals surface area contributed by atoms with E-state index in [1.807, 2.05) is 56.7 Å². The van der Waals surface area contributed by atoms with E-state index in [1.54, 1.807) is 0 Å². The Bertz CT molecular complexity index is 1210. The Kier molecular flexibility index (Phi) is 5.34. The minimum atomic E-state index is -1.31. The van der Waals surface area contributed by atoms with Gasteiger partial charge >= 0.3 is 0 Å². The van der Waals surface area contributed by atoms with Gasteiger partial charge in [-0.25, -0.2) is 9.50 Å². The number of anilines is 1. The summed E-state index contributed by atoms with van der Waals surface area (Å²) >= 11 is 2.29. The smallest absolute Gasteiger partial charge is 0.155 e. The molecule has 1 aliphatic heterocycles. The normalized spacial score (nSPS) is 20.3. The van der Waals surface area contributed by atoms with Crippen molar-refractivity contribution in [2.24, 2.45) is 9.81 Å². The molecule has 0 aromatic carbocycles. The molecule has 4 heterocycles.